The summed E-state index contributed by atoms with van der Waals surface area (Å²) >= 11 is 1.35. The smallest absolute Gasteiger partial charge is 0.237 e. The van der Waals surface area contributed by atoms with Crippen LogP contribution in [0.25, 0.3) is 0 Å². The van der Waals surface area contributed by atoms with E-state index in [1.54, 1.807) is 12.3 Å². The maximum absolute atomic E-state index is 12.3. The number of nitrogens with zero attached hydrogens (tertiary/aromatic N) is 4. The Hall–Kier alpha value is -2.55. The zero-order chi connectivity index (χ0) is 18.8. The molecule has 0 aliphatic heterocycles. The number of hydrogen-bond acceptors (Lipinski definition) is 7. The first-order chi connectivity index (χ1) is 13.1. The third kappa shape index (κ3) is 4.24. The molecule has 0 spiro atoms. The van der Waals surface area contributed by atoms with Crippen molar-refractivity contribution in [2.75, 3.05) is 11.1 Å². The molecule has 0 saturated heterocycles. The number of hydrogen-bond donors (Lipinski definition) is 1. The summed E-state index contributed by atoms with van der Waals surface area (Å²) in [6.07, 6.45) is 3.91. The first kappa shape index (κ1) is 17.8. The molecule has 1 aliphatic rings. The molecular weight excluding hydrogens is 366 g/mol. The number of rotatable bonds is 8. The van der Waals surface area contributed by atoms with Crippen LogP contribution >= 0.6 is 11.8 Å². The Morgan fingerprint density at radius 2 is 2.26 bits per heavy atom. The predicted molar refractivity (Wildman–Crippen MR) is 99.8 cm³/mol. The number of thioether (sulfide) groups is 1. The molecular formula is C18H21N5O3S. The topological polar surface area (TPSA) is 99.0 Å². The number of amides is 1. The number of aromatic nitrogens is 4. The molecule has 0 unspecified atom stereocenters. The van der Waals surface area contributed by atoms with Gasteiger partial charge in [-0.05, 0) is 30.9 Å². The molecule has 27 heavy (non-hydrogen) atoms. The molecule has 3 aromatic rings. The van der Waals surface area contributed by atoms with Crippen molar-refractivity contribution in [3.05, 3.63) is 41.7 Å². The number of anilines is 1. The van der Waals surface area contributed by atoms with E-state index in [1.807, 2.05) is 30.5 Å². The average molecular weight is 387 g/mol. The standard InChI is InChI=1S/C18H21N5O3S/c1-11(2)14-8-16(26-22-14)19-15(24)10-27-18-21-20-17(12-5-6-12)23(18)9-13-4-3-7-25-13/h3-4,7-8,11-12H,5-6,9-10H2,1-2H3,(H,19,24). The van der Waals surface area contributed by atoms with E-state index >= 15 is 0 Å². The van der Waals surface area contributed by atoms with Crippen LogP contribution in [0.5, 0.6) is 0 Å². The summed E-state index contributed by atoms with van der Waals surface area (Å²) in [6, 6.07) is 5.53. The molecule has 9 heteroatoms. The minimum atomic E-state index is -0.174. The molecule has 0 aromatic carbocycles. The number of nitrogens with one attached hydrogen (secondary N) is 1. The highest BCUT2D eigenvalue weighted by Crippen LogP contribution is 2.40. The predicted octanol–water partition coefficient (Wildman–Crippen LogP) is 3.64. The molecule has 142 valence electrons. The van der Waals surface area contributed by atoms with Gasteiger partial charge in [0.1, 0.15) is 11.6 Å². The summed E-state index contributed by atoms with van der Waals surface area (Å²) in [5.74, 6) is 2.90. The SMILES string of the molecule is CC(C)c1cc(NC(=O)CSc2nnc(C3CC3)n2Cc2ccco2)on1. The van der Waals surface area contributed by atoms with Gasteiger partial charge in [-0.2, -0.15) is 0 Å². The van der Waals surface area contributed by atoms with Gasteiger partial charge < -0.3 is 8.94 Å². The molecule has 0 radical (unpaired) electrons. The quantitative estimate of drug-likeness (QED) is 0.589. The maximum Gasteiger partial charge on any atom is 0.237 e. The molecule has 8 nitrogen and oxygen atoms in total. The van der Waals surface area contributed by atoms with E-state index in [1.165, 1.54) is 11.8 Å². The Kier molecular flexibility index (Phi) is 5.02. The fourth-order valence-electron chi connectivity index (χ4n) is 2.68. The van der Waals surface area contributed by atoms with Gasteiger partial charge in [0.25, 0.3) is 0 Å². The average Bonchev–Trinajstić information content (AvgIpc) is 3.03. The largest absolute Gasteiger partial charge is 0.467 e. The van der Waals surface area contributed by atoms with E-state index in [-0.39, 0.29) is 17.6 Å². The molecule has 1 fully saturated rings. The van der Waals surface area contributed by atoms with Gasteiger partial charge >= 0.3 is 0 Å². The van der Waals surface area contributed by atoms with Crippen LogP contribution in [0, 0.1) is 0 Å². The van der Waals surface area contributed by atoms with Crippen molar-refractivity contribution < 1.29 is 13.7 Å². The molecule has 1 N–H and O–H groups in total. The summed E-state index contributed by atoms with van der Waals surface area (Å²) in [5.41, 5.74) is 0.810. The summed E-state index contributed by atoms with van der Waals surface area (Å²) in [6.45, 7) is 4.60. The fourth-order valence-corrected chi connectivity index (χ4v) is 3.43. The van der Waals surface area contributed by atoms with E-state index in [0.29, 0.717) is 23.5 Å². The van der Waals surface area contributed by atoms with Crippen LogP contribution in [0.1, 0.15) is 55.8 Å². The van der Waals surface area contributed by atoms with Gasteiger partial charge in [-0.25, -0.2) is 0 Å². The third-order valence-corrected chi connectivity index (χ3v) is 5.26. The van der Waals surface area contributed by atoms with Crippen molar-refractivity contribution >= 4 is 23.6 Å². The third-order valence-electron chi connectivity index (χ3n) is 4.30. The number of furan rings is 1. The second-order valence-electron chi connectivity index (χ2n) is 6.89. The van der Waals surface area contributed by atoms with Gasteiger partial charge in [0.05, 0.1) is 24.3 Å². The molecule has 1 amide bonds. The second kappa shape index (κ2) is 7.59. The molecule has 1 saturated carbocycles. The first-order valence-electron chi connectivity index (χ1n) is 8.95. The minimum Gasteiger partial charge on any atom is -0.467 e. The highest BCUT2D eigenvalue weighted by molar-refractivity contribution is 7.99. The summed E-state index contributed by atoms with van der Waals surface area (Å²) < 4.78 is 12.6. The molecule has 0 bridgehead atoms. The van der Waals surface area contributed by atoms with Crippen LogP contribution in [0.4, 0.5) is 5.88 Å². The lowest BCUT2D eigenvalue weighted by atomic mass is 10.1. The van der Waals surface area contributed by atoms with Crippen LogP contribution in [0.2, 0.25) is 0 Å². The van der Waals surface area contributed by atoms with E-state index in [0.717, 1.165) is 30.1 Å². The Bertz CT molecular complexity index is 911. The Morgan fingerprint density at radius 1 is 1.41 bits per heavy atom. The van der Waals surface area contributed by atoms with Crippen molar-refractivity contribution in [3.8, 4) is 0 Å². The van der Waals surface area contributed by atoms with Gasteiger partial charge in [0.15, 0.2) is 5.16 Å². The van der Waals surface area contributed by atoms with E-state index < -0.39 is 0 Å². The highest BCUT2D eigenvalue weighted by atomic mass is 32.2. The lowest BCUT2D eigenvalue weighted by Crippen LogP contribution is -2.14. The monoisotopic (exact) mass is 387 g/mol. The normalized spacial score (nSPS) is 14.0. The van der Waals surface area contributed by atoms with E-state index in [9.17, 15) is 4.79 Å². The summed E-state index contributed by atoms with van der Waals surface area (Å²) in [7, 11) is 0. The zero-order valence-corrected chi connectivity index (χ0v) is 16.0. The highest BCUT2D eigenvalue weighted by Gasteiger charge is 2.30. The van der Waals surface area contributed by atoms with Gasteiger partial charge in [-0.15, -0.1) is 10.2 Å². The zero-order valence-electron chi connectivity index (χ0n) is 15.2. The Morgan fingerprint density at radius 3 is 2.93 bits per heavy atom. The minimum absolute atomic E-state index is 0.174. The van der Waals surface area contributed by atoms with Crippen molar-refractivity contribution in [3.63, 3.8) is 0 Å². The van der Waals surface area contributed by atoms with E-state index in [2.05, 4.69) is 20.7 Å². The fraction of sp³-hybridized carbons (Fsp3) is 0.444. The lowest BCUT2D eigenvalue weighted by molar-refractivity contribution is -0.113. The molecule has 1 aliphatic carbocycles. The number of carbonyl (C=O) groups excluding carboxylic acids is 1. The van der Waals surface area contributed by atoms with Crippen molar-refractivity contribution in [1.29, 1.82) is 0 Å². The van der Waals surface area contributed by atoms with Crippen molar-refractivity contribution in [1.82, 2.24) is 19.9 Å². The van der Waals surface area contributed by atoms with Crippen molar-refractivity contribution in [2.24, 2.45) is 0 Å². The Labute approximate surface area is 160 Å². The second-order valence-corrected chi connectivity index (χ2v) is 7.83. The molecule has 4 rings (SSSR count). The van der Waals surface area contributed by atoms with Gasteiger partial charge in [0.2, 0.25) is 11.8 Å². The molecule has 3 aromatic heterocycles. The van der Waals surface area contributed by atoms with Crippen LogP contribution < -0.4 is 5.32 Å². The van der Waals surface area contributed by atoms with E-state index in [4.69, 9.17) is 8.94 Å². The van der Waals surface area contributed by atoms with Gasteiger partial charge in [-0.1, -0.05) is 30.8 Å². The first-order valence-corrected chi connectivity index (χ1v) is 9.93. The lowest BCUT2D eigenvalue weighted by Gasteiger charge is -2.08. The molecule has 3 heterocycles. The summed E-state index contributed by atoms with van der Waals surface area (Å²) in [5, 5.41) is 16.0. The maximum atomic E-state index is 12.3. The van der Waals surface area contributed by atoms with Crippen LogP contribution in [0.15, 0.2) is 38.6 Å². The number of carbonyl (C=O) groups is 1. The van der Waals surface area contributed by atoms with Crippen LogP contribution in [-0.2, 0) is 11.3 Å². The van der Waals surface area contributed by atoms with Gasteiger partial charge in [0, 0.05) is 12.0 Å². The Balaban J connectivity index is 1.40. The van der Waals surface area contributed by atoms with Gasteiger partial charge in [-0.3, -0.25) is 14.7 Å². The summed E-state index contributed by atoms with van der Waals surface area (Å²) in [4.78, 5) is 12.3. The molecule has 0 atom stereocenters. The van der Waals surface area contributed by atoms with Crippen molar-refractivity contribution in [2.45, 2.75) is 50.2 Å². The van der Waals surface area contributed by atoms with Crippen LogP contribution in [-0.4, -0.2) is 31.6 Å². The van der Waals surface area contributed by atoms with Crippen LogP contribution in [0.3, 0.4) is 0 Å².